The summed E-state index contributed by atoms with van der Waals surface area (Å²) in [6.07, 6.45) is -0.968. The quantitative estimate of drug-likeness (QED) is 0.824. The molecule has 0 bridgehead atoms. The number of amides is 1. The number of hydrogen-bond acceptors (Lipinski definition) is 5. The van der Waals surface area contributed by atoms with Gasteiger partial charge in [-0.1, -0.05) is 17.7 Å². The molecule has 20 heavy (non-hydrogen) atoms. The molecule has 0 radical (unpaired) electrons. The van der Waals surface area contributed by atoms with E-state index < -0.39 is 17.6 Å². The first-order chi connectivity index (χ1) is 9.44. The average Bonchev–Trinajstić information content (AvgIpc) is 2.71. The highest BCUT2D eigenvalue weighted by molar-refractivity contribution is 6.08. The predicted molar refractivity (Wildman–Crippen MR) is 69.4 cm³/mol. The van der Waals surface area contributed by atoms with Crippen molar-refractivity contribution in [3.8, 4) is 0 Å². The van der Waals surface area contributed by atoms with E-state index in [1.807, 2.05) is 6.92 Å². The van der Waals surface area contributed by atoms with Gasteiger partial charge >= 0.3 is 12.1 Å². The van der Waals surface area contributed by atoms with E-state index in [4.69, 9.17) is 4.74 Å². The largest absolute Gasteiger partial charge is 0.467 e. The van der Waals surface area contributed by atoms with Crippen molar-refractivity contribution in [3.63, 3.8) is 0 Å². The molecule has 106 valence electrons. The molecular formula is C14H15NO5. The van der Waals surface area contributed by atoms with Crippen molar-refractivity contribution >= 4 is 17.8 Å². The molecule has 1 amide bonds. The van der Waals surface area contributed by atoms with E-state index >= 15 is 0 Å². The maximum absolute atomic E-state index is 12.1. The maximum atomic E-state index is 12.1. The zero-order chi connectivity index (χ0) is 14.9. The van der Waals surface area contributed by atoms with Gasteiger partial charge in [0.05, 0.1) is 14.2 Å². The third-order valence-corrected chi connectivity index (χ3v) is 3.40. The molecule has 2 rings (SSSR count). The number of carbonyl (C=O) groups excluding carboxylic acids is 3. The number of esters is 1. The molecule has 0 saturated carbocycles. The van der Waals surface area contributed by atoms with E-state index in [1.165, 1.54) is 14.2 Å². The van der Waals surface area contributed by atoms with Crippen LogP contribution in [0.5, 0.6) is 0 Å². The number of ketones is 1. The molecule has 1 aromatic carbocycles. The summed E-state index contributed by atoms with van der Waals surface area (Å²) in [5.74, 6) is -0.913. The van der Waals surface area contributed by atoms with Crippen LogP contribution in [0.15, 0.2) is 18.2 Å². The topological polar surface area (TPSA) is 81.7 Å². The second kappa shape index (κ2) is 4.96. The monoisotopic (exact) mass is 277 g/mol. The minimum Gasteiger partial charge on any atom is -0.467 e. The molecule has 6 nitrogen and oxygen atoms in total. The molecule has 0 unspecified atom stereocenters. The van der Waals surface area contributed by atoms with Gasteiger partial charge in [-0.2, -0.15) is 0 Å². The number of fused-ring (bicyclic) bond motifs is 1. The molecule has 0 aromatic heterocycles. The Hall–Kier alpha value is -2.37. The number of rotatable bonds is 2. The fraction of sp³-hybridized carbons (Fsp3) is 0.357. The summed E-state index contributed by atoms with van der Waals surface area (Å²) in [6.45, 7) is 1.85. The number of carbonyl (C=O) groups is 3. The predicted octanol–water partition coefficient (Wildman–Crippen LogP) is 1.31. The van der Waals surface area contributed by atoms with Crippen molar-refractivity contribution in [2.75, 3.05) is 14.2 Å². The normalized spacial score (nSPS) is 20.2. The lowest BCUT2D eigenvalue weighted by molar-refractivity contribution is -0.148. The van der Waals surface area contributed by atoms with Gasteiger partial charge in [0.1, 0.15) is 0 Å². The van der Waals surface area contributed by atoms with Gasteiger partial charge in [0.2, 0.25) is 0 Å². The Balaban J connectivity index is 2.58. The zero-order valence-corrected chi connectivity index (χ0v) is 11.5. The zero-order valence-electron chi connectivity index (χ0n) is 11.5. The molecule has 0 saturated heterocycles. The molecule has 1 aliphatic rings. The van der Waals surface area contributed by atoms with Gasteiger partial charge in [-0.05, 0) is 13.0 Å². The smallest absolute Gasteiger partial charge is 0.408 e. The minimum absolute atomic E-state index is 0.173. The first kappa shape index (κ1) is 14.0. The Bertz CT molecular complexity index is 595. The van der Waals surface area contributed by atoms with Crippen LogP contribution in [-0.4, -0.2) is 32.1 Å². The Kier molecular flexibility index (Phi) is 3.48. The molecule has 0 aliphatic heterocycles. The first-order valence-electron chi connectivity index (χ1n) is 6.03. The van der Waals surface area contributed by atoms with Crippen molar-refractivity contribution in [2.24, 2.45) is 0 Å². The van der Waals surface area contributed by atoms with Crippen LogP contribution in [0.2, 0.25) is 0 Å². The van der Waals surface area contributed by atoms with Crippen molar-refractivity contribution in [1.82, 2.24) is 5.32 Å². The van der Waals surface area contributed by atoms with Crippen LogP contribution in [0.4, 0.5) is 4.79 Å². The summed E-state index contributed by atoms with van der Waals surface area (Å²) in [4.78, 5) is 35.8. The molecule has 1 N–H and O–H groups in total. The van der Waals surface area contributed by atoms with Gasteiger partial charge in [-0.3, -0.25) is 4.79 Å². The summed E-state index contributed by atoms with van der Waals surface area (Å²) < 4.78 is 9.29. The van der Waals surface area contributed by atoms with Gasteiger partial charge in [0, 0.05) is 17.5 Å². The Labute approximate surface area is 116 Å². The highest BCUT2D eigenvalue weighted by Crippen LogP contribution is 2.38. The molecule has 0 spiro atoms. The van der Waals surface area contributed by atoms with Crippen molar-refractivity contribution in [3.05, 3.63) is 34.9 Å². The lowest BCUT2D eigenvalue weighted by atomic mass is 9.91. The molecule has 1 aliphatic carbocycles. The lowest BCUT2D eigenvalue weighted by Gasteiger charge is -2.27. The number of benzene rings is 1. The average molecular weight is 277 g/mol. The highest BCUT2D eigenvalue weighted by Gasteiger charge is 2.51. The summed E-state index contributed by atoms with van der Waals surface area (Å²) in [6, 6.07) is 5.12. The van der Waals surface area contributed by atoms with E-state index in [0.717, 1.165) is 5.56 Å². The van der Waals surface area contributed by atoms with E-state index in [1.54, 1.807) is 18.2 Å². The van der Waals surface area contributed by atoms with Gasteiger partial charge in [-0.15, -0.1) is 0 Å². The summed E-state index contributed by atoms with van der Waals surface area (Å²) in [5, 5.41) is 2.44. The standard InChI is InChI=1S/C14H15NO5/c1-8-4-5-10-9(6-8)11(16)7-14(10,12(17)19-2)15-13(18)20-3/h4-6H,7H2,1-3H3,(H,15,18)/t14-/m0/s1. The number of methoxy groups -OCH3 is 2. The van der Waals surface area contributed by atoms with E-state index in [2.05, 4.69) is 10.1 Å². The number of alkyl carbamates (subject to hydrolysis) is 1. The molecule has 6 heteroatoms. The number of ether oxygens (including phenoxy) is 2. The molecular weight excluding hydrogens is 262 g/mol. The van der Waals surface area contributed by atoms with Crippen molar-refractivity contribution < 1.29 is 23.9 Å². The van der Waals surface area contributed by atoms with Gasteiger partial charge in [0.15, 0.2) is 11.3 Å². The second-order valence-corrected chi connectivity index (χ2v) is 4.66. The van der Waals surface area contributed by atoms with E-state index in [0.29, 0.717) is 11.1 Å². The Morgan fingerprint density at radius 1 is 1.25 bits per heavy atom. The third-order valence-electron chi connectivity index (χ3n) is 3.40. The van der Waals surface area contributed by atoms with Crippen LogP contribution >= 0.6 is 0 Å². The third kappa shape index (κ3) is 2.03. The van der Waals surface area contributed by atoms with Crippen LogP contribution in [0.3, 0.4) is 0 Å². The molecule has 0 heterocycles. The van der Waals surface area contributed by atoms with Crippen LogP contribution in [0.1, 0.15) is 27.9 Å². The number of aryl methyl sites for hydroxylation is 1. The summed E-state index contributed by atoms with van der Waals surface area (Å²) in [5.41, 5.74) is 0.245. The number of Topliss-reactive ketones (excluding diaryl/α,β-unsaturated/α-hetero) is 1. The van der Waals surface area contributed by atoms with Crippen LogP contribution in [0.25, 0.3) is 0 Å². The Morgan fingerprint density at radius 2 is 1.95 bits per heavy atom. The summed E-state index contributed by atoms with van der Waals surface area (Å²) in [7, 11) is 2.40. The lowest BCUT2D eigenvalue weighted by Crippen LogP contribution is -2.51. The summed E-state index contributed by atoms with van der Waals surface area (Å²) >= 11 is 0. The second-order valence-electron chi connectivity index (χ2n) is 4.66. The minimum atomic E-state index is -1.51. The SMILES string of the molecule is COC(=O)N[C@@]1(C(=O)OC)CC(=O)c2cc(C)ccc21. The molecule has 1 atom stereocenters. The van der Waals surface area contributed by atoms with E-state index in [-0.39, 0.29) is 12.2 Å². The molecule has 0 fully saturated rings. The Morgan fingerprint density at radius 3 is 2.55 bits per heavy atom. The number of nitrogens with one attached hydrogen (secondary N) is 1. The van der Waals surface area contributed by atoms with Crippen LogP contribution < -0.4 is 5.32 Å². The van der Waals surface area contributed by atoms with Crippen LogP contribution in [-0.2, 0) is 19.8 Å². The highest BCUT2D eigenvalue weighted by atomic mass is 16.5. The maximum Gasteiger partial charge on any atom is 0.408 e. The fourth-order valence-electron chi connectivity index (χ4n) is 2.44. The van der Waals surface area contributed by atoms with Gasteiger partial charge in [-0.25, -0.2) is 9.59 Å². The van der Waals surface area contributed by atoms with Gasteiger partial charge < -0.3 is 14.8 Å². The molecule has 1 aromatic rings. The number of hydrogen-bond donors (Lipinski definition) is 1. The van der Waals surface area contributed by atoms with Crippen molar-refractivity contribution in [2.45, 2.75) is 18.9 Å². The fourth-order valence-corrected chi connectivity index (χ4v) is 2.44. The first-order valence-corrected chi connectivity index (χ1v) is 6.03. The van der Waals surface area contributed by atoms with Crippen LogP contribution in [0, 0.1) is 6.92 Å². The van der Waals surface area contributed by atoms with Crippen molar-refractivity contribution in [1.29, 1.82) is 0 Å². The van der Waals surface area contributed by atoms with Gasteiger partial charge in [0.25, 0.3) is 0 Å². The van der Waals surface area contributed by atoms with E-state index in [9.17, 15) is 14.4 Å².